The molecule has 2 aliphatic rings. The summed E-state index contributed by atoms with van der Waals surface area (Å²) < 4.78 is 34.2. The Hall–Kier alpha value is -3.84. The smallest absolute Gasteiger partial charge is 0.343 e. The first-order valence-corrected chi connectivity index (χ1v) is 15.9. The summed E-state index contributed by atoms with van der Waals surface area (Å²) in [6, 6.07) is 27.3. The topological polar surface area (TPSA) is 96.6 Å². The number of rotatable bonds is 10. The molecule has 212 valence electrons. The van der Waals surface area contributed by atoms with Crippen molar-refractivity contribution in [3.05, 3.63) is 124 Å². The van der Waals surface area contributed by atoms with Crippen molar-refractivity contribution in [3.63, 3.8) is 0 Å². The molecule has 2 N–H and O–H groups in total. The normalized spacial score (nSPS) is 17.3. The Morgan fingerprint density at radius 2 is 1.54 bits per heavy atom. The van der Waals surface area contributed by atoms with Gasteiger partial charge in [-0.25, -0.2) is 13.2 Å². The molecule has 0 amide bonds. The first-order chi connectivity index (χ1) is 19.8. The standard InChI is InChI=1S/C34H35NO5S/c36-29-23-30(34(20-7-8-21-34)22-19-24-9-3-1-4-10-24)40-33(37)32(29)31(25-13-14-25)26-15-17-27(18-16-26)35-41(38,39)28-11-5-2-6-12-28/h1-6,9-12,15-18,23,25,31,35-36H,7-8,13-14,19-22H2. The minimum Gasteiger partial charge on any atom is -0.507 e. The highest BCUT2D eigenvalue weighted by Gasteiger charge is 2.41. The van der Waals surface area contributed by atoms with Gasteiger partial charge in [-0.2, -0.15) is 0 Å². The number of benzene rings is 3. The second-order valence-electron chi connectivity index (χ2n) is 11.5. The molecule has 6 rings (SSSR count). The van der Waals surface area contributed by atoms with Gasteiger partial charge in [-0.1, -0.05) is 73.5 Å². The Labute approximate surface area is 241 Å². The summed E-state index contributed by atoms with van der Waals surface area (Å²) >= 11 is 0. The predicted octanol–water partition coefficient (Wildman–Crippen LogP) is 7.13. The maximum absolute atomic E-state index is 13.6. The number of hydrogen-bond acceptors (Lipinski definition) is 5. The summed E-state index contributed by atoms with van der Waals surface area (Å²) in [7, 11) is -3.71. The molecule has 7 heteroatoms. The van der Waals surface area contributed by atoms with E-state index in [0.717, 1.165) is 56.9 Å². The van der Waals surface area contributed by atoms with Crippen LogP contribution in [-0.4, -0.2) is 13.5 Å². The molecule has 4 aromatic rings. The van der Waals surface area contributed by atoms with Crippen LogP contribution in [-0.2, 0) is 21.9 Å². The summed E-state index contributed by atoms with van der Waals surface area (Å²) in [6.45, 7) is 0. The Kier molecular flexibility index (Phi) is 7.47. The second-order valence-corrected chi connectivity index (χ2v) is 13.2. The van der Waals surface area contributed by atoms with Crippen LogP contribution in [0.25, 0.3) is 0 Å². The van der Waals surface area contributed by atoms with Crippen molar-refractivity contribution in [1.82, 2.24) is 0 Å². The fourth-order valence-electron chi connectivity index (χ4n) is 6.41. The van der Waals surface area contributed by atoms with Crippen LogP contribution in [0.5, 0.6) is 5.75 Å². The van der Waals surface area contributed by atoms with Crippen molar-refractivity contribution in [1.29, 1.82) is 0 Å². The maximum atomic E-state index is 13.6. The first kappa shape index (κ1) is 27.3. The van der Waals surface area contributed by atoms with Crippen molar-refractivity contribution >= 4 is 15.7 Å². The van der Waals surface area contributed by atoms with Gasteiger partial charge in [-0.3, -0.25) is 4.72 Å². The van der Waals surface area contributed by atoms with Crippen molar-refractivity contribution in [2.45, 2.75) is 67.6 Å². The summed E-state index contributed by atoms with van der Waals surface area (Å²) in [6.07, 6.45) is 7.69. The second kappa shape index (κ2) is 11.2. The van der Waals surface area contributed by atoms with Gasteiger partial charge in [0, 0.05) is 23.1 Å². The number of aromatic hydroxyl groups is 1. The van der Waals surface area contributed by atoms with E-state index >= 15 is 0 Å². The van der Waals surface area contributed by atoms with Crippen LogP contribution in [0.4, 0.5) is 5.69 Å². The third-order valence-electron chi connectivity index (χ3n) is 8.76. The van der Waals surface area contributed by atoms with Gasteiger partial charge in [0.25, 0.3) is 10.0 Å². The summed E-state index contributed by atoms with van der Waals surface area (Å²) in [5.74, 6) is 0.495. The molecule has 2 saturated carbocycles. The van der Waals surface area contributed by atoms with Crippen molar-refractivity contribution in [2.24, 2.45) is 5.92 Å². The molecule has 41 heavy (non-hydrogen) atoms. The molecule has 1 heterocycles. The van der Waals surface area contributed by atoms with E-state index in [2.05, 4.69) is 16.9 Å². The van der Waals surface area contributed by atoms with E-state index in [4.69, 9.17) is 4.42 Å². The fourth-order valence-corrected chi connectivity index (χ4v) is 7.49. The summed E-state index contributed by atoms with van der Waals surface area (Å²) in [5.41, 5.74) is 2.11. The van der Waals surface area contributed by atoms with E-state index in [0.29, 0.717) is 17.0 Å². The fraction of sp³-hybridized carbons (Fsp3) is 0.324. The first-order valence-electron chi connectivity index (χ1n) is 14.4. The molecule has 0 radical (unpaired) electrons. The molecule has 1 atom stereocenters. The van der Waals surface area contributed by atoms with Crippen molar-refractivity contribution < 1.29 is 17.9 Å². The molecule has 6 nitrogen and oxygen atoms in total. The molecule has 3 aromatic carbocycles. The highest BCUT2D eigenvalue weighted by Crippen LogP contribution is 2.50. The zero-order valence-electron chi connectivity index (χ0n) is 23.0. The predicted molar refractivity (Wildman–Crippen MR) is 160 cm³/mol. The van der Waals surface area contributed by atoms with Gasteiger partial charge >= 0.3 is 5.63 Å². The van der Waals surface area contributed by atoms with Gasteiger partial charge in [-0.15, -0.1) is 0 Å². The average molecular weight is 570 g/mol. The summed E-state index contributed by atoms with van der Waals surface area (Å²) in [4.78, 5) is 13.8. The van der Waals surface area contributed by atoms with Crippen LogP contribution in [0, 0.1) is 5.92 Å². The number of anilines is 1. The van der Waals surface area contributed by atoms with Crippen LogP contribution in [0.1, 0.15) is 73.3 Å². The van der Waals surface area contributed by atoms with Gasteiger partial charge < -0.3 is 9.52 Å². The van der Waals surface area contributed by atoms with Gasteiger partial charge in [0.2, 0.25) is 0 Å². The number of hydrogen-bond donors (Lipinski definition) is 2. The molecule has 0 aliphatic heterocycles. The highest BCUT2D eigenvalue weighted by molar-refractivity contribution is 7.92. The Bertz CT molecular complexity index is 1650. The van der Waals surface area contributed by atoms with Crippen LogP contribution >= 0.6 is 0 Å². The molecule has 0 saturated heterocycles. The SMILES string of the molecule is O=c1oc(C2(CCc3ccccc3)CCCC2)cc(O)c1C(c1ccc(NS(=O)(=O)c2ccccc2)cc1)C1CC1. The molecule has 1 unspecified atom stereocenters. The number of nitrogens with one attached hydrogen (secondary N) is 1. The van der Waals surface area contributed by atoms with Gasteiger partial charge in [0.15, 0.2) is 0 Å². The van der Waals surface area contributed by atoms with Gasteiger partial charge in [-0.05, 0) is 79.8 Å². The lowest BCUT2D eigenvalue weighted by atomic mass is 9.77. The maximum Gasteiger partial charge on any atom is 0.343 e. The molecule has 2 aliphatic carbocycles. The van der Waals surface area contributed by atoms with E-state index < -0.39 is 15.6 Å². The van der Waals surface area contributed by atoms with Crippen LogP contribution < -0.4 is 10.3 Å². The van der Waals surface area contributed by atoms with Gasteiger partial charge in [0.1, 0.15) is 11.5 Å². The molecule has 0 bridgehead atoms. The van der Waals surface area contributed by atoms with E-state index in [1.165, 1.54) is 5.56 Å². The summed E-state index contributed by atoms with van der Waals surface area (Å²) in [5, 5.41) is 11.3. The lowest BCUT2D eigenvalue weighted by molar-refractivity contribution is 0.292. The quantitative estimate of drug-likeness (QED) is 0.212. The number of sulfonamides is 1. The molecule has 0 spiro atoms. The van der Waals surface area contributed by atoms with Gasteiger partial charge in [0.05, 0.1) is 10.5 Å². The third-order valence-corrected chi connectivity index (χ3v) is 10.2. The minimum absolute atomic E-state index is 0.00649. The van der Waals surface area contributed by atoms with E-state index in [-0.39, 0.29) is 27.9 Å². The zero-order valence-corrected chi connectivity index (χ0v) is 23.8. The van der Waals surface area contributed by atoms with E-state index in [1.54, 1.807) is 48.5 Å². The third kappa shape index (κ3) is 5.82. The molecular formula is C34H35NO5S. The largest absolute Gasteiger partial charge is 0.507 e. The molecule has 2 fully saturated rings. The zero-order chi connectivity index (χ0) is 28.5. The lowest BCUT2D eigenvalue weighted by Gasteiger charge is -2.28. The highest BCUT2D eigenvalue weighted by atomic mass is 32.2. The number of aryl methyl sites for hydroxylation is 1. The Morgan fingerprint density at radius 1 is 0.902 bits per heavy atom. The van der Waals surface area contributed by atoms with Crippen molar-refractivity contribution in [2.75, 3.05) is 4.72 Å². The lowest BCUT2D eigenvalue weighted by Crippen LogP contribution is -2.26. The molecular weight excluding hydrogens is 534 g/mol. The average Bonchev–Trinajstić information content (AvgIpc) is 3.70. The monoisotopic (exact) mass is 569 g/mol. The Morgan fingerprint density at radius 3 is 2.15 bits per heavy atom. The van der Waals surface area contributed by atoms with Crippen LogP contribution in [0.2, 0.25) is 0 Å². The van der Waals surface area contributed by atoms with E-state index in [9.17, 15) is 18.3 Å². The Balaban J connectivity index is 1.27. The molecule has 1 aromatic heterocycles. The van der Waals surface area contributed by atoms with Crippen LogP contribution in [0.3, 0.4) is 0 Å². The van der Waals surface area contributed by atoms with E-state index in [1.807, 2.05) is 30.3 Å². The van der Waals surface area contributed by atoms with Crippen molar-refractivity contribution in [3.8, 4) is 5.75 Å². The van der Waals surface area contributed by atoms with Crippen LogP contribution in [0.15, 0.2) is 105 Å². The minimum atomic E-state index is -3.71.